The fourth-order valence-corrected chi connectivity index (χ4v) is 8.68. The van der Waals surface area contributed by atoms with Crippen LogP contribution in [0, 0.1) is 0 Å². The van der Waals surface area contributed by atoms with Crippen LogP contribution in [0.15, 0.2) is 115 Å². The van der Waals surface area contributed by atoms with Crippen LogP contribution in [0.1, 0.15) is 37.8 Å². The maximum absolute atomic E-state index is 2.47. The SMILES string of the molecule is CC1(C)c2cc(-c3ccc4c(c3)c3ccccc3n4C3=CC=CCC3)ccc2-c2c1ccc1c2sc2ccccc21. The highest BCUT2D eigenvalue weighted by Crippen LogP contribution is 2.54. The van der Waals surface area contributed by atoms with E-state index in [1.165, 1.54) is 81.1 Å². The lowest BCUT2D eigenvalue weighted by atomic mass is 9.81. The number of benzene rings is 5. The van der Waals surface area contributed by atoms with Crippen molar-refractivity contribution in [1.29, 1.82) is 0 Å². The first-order valence-electron chi connectivity index (χ1n) is 14.6. The molecule has 0 radical (unpaired) electrons. The molecular formula is C39H29NS. The summed E-state index contributed by atoms with van der Waals surface area (Å²) in [7, 11) is 0. The van der Waals surface area contributed by atoms with Crippen molar-refractivity contribution >= 4 is 59.0 Å². The molecule has 0 unspecified atom stereocenters. The summed E-state index contributed by atoms with van der Waals surface area (Å²) in [5, 5.41) is 5.39. The van der Waals surface area contributed by atoms with Crippen LogP contribution in [0.2, 0.25) is 0 Å². The largest absolute Gasteiger partial charge is 0.313 e. The van der Waals surface area contributed by atoms with Crippen LogP contribution in [0.4, 0.5) is 0 Å². The second kappa shape index (κ2) is 8.31. The van der Waals surface area contributed by atoms with Crippen LogP contribution in [-0.4, -0.2) is 4.57 Å². The Morgan fingerprint density at radius 2 is 1.46 bits per heavy atom. The van der Waals surface area contributed by atoms with Gasteiger partial charge in [0, 0.05) is 47.6 Å². The Labute approximate surface area is 243 Å². The Bertz CT molecular complexity index is 2280. The lowest BCUT2D eigenvalue weighted by molar-refractivity contribution is 0.661. The summed E-state index contributed by atoms with van der Waals surface area (Å²) < 4.78 is 5.26. The molecule has 0 N–H and O–H groups in total. The van der Waals surface area contributed by atoms with Gasteiger partial charge >= 0.3 is 0 Å². The monoisotopic (exact) mass is 543 g/mol. The van der Waals surface area contributed by atoms with Crippen molar-refractivity contribution in [2.45, 2.75) is 32.1 Å². The molecular weight excluding hydrogens is 515 g/mol. The number of hydrogen-bond acceptors (Lipinski definition) is 1. The van der Waals surface area contributed by atoms with Gasteiger partial charge in [0.1, 0.15) is 0 Å². The molecule has 0 saturated carbocycles. The molecule has 0 bridgehead atoms. The Morgan fingerprint density at radius 1 is 0.683 bits per heavy atom. The van der Waals surface area contributed by atoms with Gasteiger partial charge in [-0.2, -0.15) is 0 Å². The fraction of sp³-hybridized carbons (Fsp3) is 0.128. The van der Waals surface area contributed by atoms with Crippen molar-refractivity contribution in [3.05, 3.63) is 126 Å². The van der Waals surface area contributed by atoms with E-state index in [1.807, 2.05) is 11.3 Å². The van der Waals surface area contributed by atoms with Crippen LogP contribution in [0.25, 0.3) is 69.9 Å². The van der Waals surface area contributed by atoms with Crippen LogP contribution in [0.5, 0.6) is 0 Å². The third-order valence-electron chi connectivity index (χ3n) is 9.47. The Balaban J connectivity index is 1.23. The van der Waals surface area contributed by atoms with E-state index in [4.69, 9.17) is 0 Å². The topological polar surface area (TPSA) is 4.93 Å². The van der Waals surface area contributed by atoms with E-state index in [1.54, 1.807) is 0 Å². The molecule has 2 aromatic heterocycles. The fourth-order valence-electron chi connectivity index (χ4n) is 7.42. The number of nitrogens with zero attached hydrogens (tertiary/aromatic N) is 1. The van der Waals surface area contributed by atoms with Crippen LogP contribution in [-0.2, 0) is 5.41 Å². The third-order valence-corrected chi connectivity index (χ3v) is 10.7. The molecule has 7 aromatic rings. The van der Waals surface area contributed by atoms with Gasteiger partial charge in [0.05, 0.1) is 11.0 Å². The molecule has 0 saturated heterocycles. The zero-order chi connectivity index (χ0) is 27.3. The average Bonchev–Trinajstić information content (AvgIpc) is 3.63. The number of para-hydroxylation sites is 1. The molecule has 2 aliphatic carbocycles. The van der Waals surface area contributed by atoms with Gasteiger partial charge < -0.3 is 4.57 Å². The van der Waals surface area contributed by atoms with Gasteiger partial charge in [-0.3, -0.25) is 0 Å². The van der Waals surface area contributed by atoms with Crippen LogP contribution in [0.3, 0.4) is 0 Å². The second-order valence-corrected chi connectivity index (χ2v) is 13.1. The first-order chi connectivity index (χ1) is 20.1. The van der Waals surface area contributed by atoms with E-state index in [2.05, 4.69) is 134 Å². The minimum Gasteiger partial charge on any atom is -0.313 e. The summed E-state index contributed by atoms with van der Waals surface area (Å²) >= 11 is 1.94. The van der Waals surface area contributed by atoms with Crippen molar-refractivity contribution in [3.63, 3.8) is 0 Å². The standard InChI is InChI=1S/C39H29NS/c1-39(2)32-20-19-29-28-13-7-9-15-36(28)41-38(29)37(32)30-18-16-25(23-33(30)39)24-17-21-35-31(22-24)27-12-6-8-14-34(27)40(35)26-10-4-3-5-11-26/h3-4,6-10,12-23H,5,11H2,1-2H3. The smallest absolute Gasteiger partial charge is 0.0538 e. The van der Waals surface area contributed by atoms with Gasteiger partial charge in [0.2, 0.25) is 0 Å². The van der Waals surface area contributed by atoms with E-state index in [0.717, 1.165) is 12.8 Å². The van der Waals surface area contributed by atoms with Crippen molar-refractivity contribution in [3.8, 4) is 22.3 Å². The van der Waals surface area contributed by atoms with Gasteiger partial charge in [-0.05, 0) is 77.1 Å². The molecule has 0 atom stereocenters. The van der Waals surface area contributed by atoms with Crippen molar-refractivity contribution in [2.75, 3.05) is 0 Å². The summed E-state index contributed by atoms with van der Waals surface area (Å²) in [6.07, 6.45) is 8.90. The van der Waals surface area contributed by atoms with Crippen molar-refractivity contribution < 1.29 is 0 Å². The predicted octanol–water partition coefficient (Wildman–Crippen LogP) is 11.3. The molecule has 9 rings (SSSR count). The lowest BCUT2D eigenvalue weighted by Crippen LogP contribution is -2.14. The van der Waals surface area contributed by atoms with Gasteiger partial charge in [0.15, 0.2) is 0 Å². The Hall–Kier alpha value is -4.40. The van der Waals surface area contributed by atoms with Crippen molar-refractivity contribution in [2.24, 2.45) is 0 Å². The number of allylic oxidation sites excluding steroid dienone is 4. The first kappa shape index (κ1) is 23.3. The minimum absolute atomic E-state index is 0.0495. The minimum atomic E-state index is -0.0495. The number of fused-ring (bicyclic) bond motifs is 10. The molecule has 196 valence electrons. The number of aromatic nitrogens is 1. The molecule has 2 heterocycles. The molecule has 5 aromatic carbocycles. The molecule has 1 nitrogen and oxygen atoms in total. The number of rotatable bonds is 2. The third kappa shape index (κ3) is 3.17. The number of thiophene rings is 1. The van der Waals surface area contributed by atoms with E-state index in [9.17, 15) is 0 Å². The first-order valence-corrected chi connectivity index (χ1v) is 15.4. The Kier molecular flexibility index (Phi) is 4.73. The highest BCUT2D eigenvalue weighted by molar-refractivity contribution is 7.26. The summed E-state index contributed by atoms with van der Waals surface area (Å²) in [5.41, 5.74) is 12.2. The molecule has 0 amide bonds. The maximum Gasteiger partial charge on any atom is 0.0538 e. The van der Waals surface area contributed by atoms with Crippen LogP contribution < -0.4 is 0 Å². The predicted molar refractivity (Wildman–Crippen MR) is 178 cm³/mol. The highest BCUT2D eigenvalue weighted by atomic mass is 32.1. The van der Waals surface area contributed by atoms with Gasteiger partial charge in [0.25, 0.3) is 0 Å². The lowest BCUT2D eigenvalue weighted by Gasteiger charge is -2.22. The summed E-state index contributed by atoms with van der Waals surface area (Å²) in [6.45, 7) is 4.79. The van der Waals surface area contributed by atoms with Crippen LogP contribution >= 0.6 is 11.3 Å². The van der Waals surface area contributed by atoms with Crippen molar-refractivity contribution in [1.82, 2.24) is 4.57 Å². The second-order valence-electron chi connectivity index (χ2n) is 12.1. The summed E-state index contributed by atoms with van der Waals surface area (Å²) in [5.74, 6) is 0. The quantitative estimate of drug-likeness (QED) is 0.204. The molecule has 0 aliphatic heterocycles. The maximum atomic E-state index is 2.47. The van der Waals surface area contributed by atoms with E-state index in [-0.39, 0.29) is 5.41 Å². The Morgan fingerprint density at radius 3 is 2.34 bits per heavy atom. The molecule has 2 heteroatoms. The van der Waals surface area contributed by atoms with E-state index < -0.39 is 0 Å². The van der Waals surface area contributed by atoms with Gasteiger partial charge in [-0.25, -0.2) is 0 Å². The van der Waals surface area contributed by atoms with E-state index in [0.29, 0.717) is 0 Å². The van der Waals surface area contributed by atoms with E-state index >= 15 is 0 Å². The zero-order valence-corrected chi connectivity index (χ0v) is 24.1. The van der Waals surface area contributed by atoms with Gasteiger partial charge in [-0.1, -0.05) is 92.7 Å². The highest BCUT2D eigenvalue weighted by Gasteiger charge is 2.37. The molecule has 0 fully saturated rings. The average molecular weight is 544 g/mol. The normalized spacial score (nSPS) is 15.6. The summed E-state index contributed by atoms with van der Waals surface area (Å²) in [4.78, 5) is 0. The number of hydrogen-bond donors (Lipinski definition) is 0. The van der Waals surface area contributed by atoms with Gasteiger partial charge in [-0.15, -0.1) is 11.3 Å². The summed E-state index contributed by atoms with van der Waals surface area (Å²) in [6, 6.07) is 36.7. The molecule has 41 heavy (non-hydrogen) atoms. The molecule has 0 spiro atoms. The molecule has 2 aliphatic rings. The zero-order valence-electron chi connectivity index (χ0n) is 23.2.